The van der Waals surface area contributed by atoms with E-state index in [0.29, 0.717) is 5.75 Å². The first-order valence-corrected chi connectivity index (χ1v) is 13.6. The van der Waals surface area contributed by atoms with Gasteiger partial charge in [0.15, 0.2) is 11.5 Å². The standard InChI is InChI=1S/C30H39N3O3/c1-34-27-18-22(19-28-30(27)36-21-35-28)20-31-16-10-4-2-3-5-11-17-32-29-23-12-6-8-14-25(23)33-26-15-9-7-13-24(26)29/h6,8,12,14,18-19,31H,2-5,7,9-11,13,15-17,20-21H2,1H3,(H,32,33). The van der Waals surface area contributed by atoms with Gasteiger partial charge >= 0.3 is 0 Å². The van der Waals surface area contributed by atoms with Crippen molar-refractivity contribution in [1.82, 2.24) is 10.3 Å². The first-order chi connectivity index (χ1) is 17.8. The molecule has 5 rings (SSSR count). The van der Waals surface area contributed by atoms with Gasteiger partial charge in [-0.05, 0) is 74.4 Å². The summed E-state index contributed by atoms with van der Waals surface area (Å²) < 4.78 is 16.4. The molecule has 1 aliphatic carbocycles. The van der Waals surface area contributed by atoms with Gasteiger partial charge in [0.2, 0.25) is 12.5 Å². The Labute approximate surface area is 214 Å². The fourth-order valence-electron chi connectivity index (χ4n) is 5.39. The molecule has 0 radical (unpaired) electrons. The van der Waals surface area contributed by atoms with Gasteiger partial charge in [0.25, 0.3) is 0 Å². The van der Waals surface area contributed by atoms with E-state index in [1.54, 1.807) is 7.11 Å². The molecule has 0 unspecified atom stereocenters. The van der Waals surface area contributed by atoms with Gasteiger partial charge < -0.3 is 24.8 Å². The van der Waals surface area contributed by atoms with Crippen LogP contribution in [0.15, 0.2) is 36.4 Å². The zero-order chi connectivity index (χ0) is 24.6. The van der Waals surface area contributed by atoms with Crippen LogP contribution in [-0.2, 0) is 19.4 Å². The Kier molecular flexibility index (Phi) is 8.44. The second-order valence-corrected chi connectivity index (χ2v) is 9.89. The van der Waals surface area contributed by atoms with Crippen molar-refractivity contribution in [3.05, 3.63) is 53.2 Å². The van der Waals surface area contributed by atoms with Crippen LogP contribution in [0, 0.1) is 0 Å². The van der Waals surface area contributed by atoms with E-state index in [2.05, 4.69) is 34.9 Å². The number of benzene rings is 2. The highest BCUT2D eigenvalue weighted by molar-refractivity contribution is 5.93. The Bertz CT molecular complexity index is 1160. The van der Waals surface area contributed by atoms with Gasteiger partial charge in [0.1, 0.15) is 0 Å². The Morgan fingerprint density at radius 2 is 1.72 bits per heavy atom. The summed E-state index contributed by atoms with van der Waals surface area (Å²) in [4.78, 5) is 4.95. The summed E-state index contributed by atoms with van der Waals surface area (Å²) in [5.41, 5.74) is 6.42. The number of nitrogens with one attached hydrogen (secondary N) is 2. The summed E-state index contributed by atoms with van der Waals surface area (Å²) in [5, 5.41) is 8.63. The molecular formula is C30H39N3O3. The molecule has 0 atom stereocenters. The number of aryl methyl sites for hydroxylation is 1. The highest BCUT2D eigenvalue weighted by atomic mass is 16.7. The molecule has 36 heavy (non-hydrogen) atoms. The van der Waals surface area contributed by atoms with Gasteiger partial charge in [-0.25, -0.2) is 0 Å². The maximum Gasteiger partial charge on any atom is 0.231 e. The van der Waals surface area contributed by atoms with Gasteiger partial charge in [-0.15, -0.1) is 0 Å². The van der Waals surface area contributed by atoms with Crippen molar-refractivity contribution in [2.45, 2.75) is 70.8 Å². The summed E-state index contributed by atoms with van der Waals surface area (Å²) in [6, 6.07) is 12.7. The molecule has 2 aliphatic rings. The fraction of sp³-hybridized carbons (Fsp3) is 0.500. The van der Waals surface area contributed by atoms with Crippen molar-refractivity contribution < 1.29 is 14.2 Å². The predicted molar refractivity (Wildman–Crippen MR) is 145 cm³/mol. The van der Waals surface area contributed by atoms with Gasteiger partial charge in [-0.1, -0.05) is 43.9 Å². The average molecular weight is 490 g/mol. The zero-order valence-electron chi connectivity index (χ0n) is 21.5. The van der Waals surface area contributed by atoms with Gasteiger partial charge in [-0.2, -0.15) is 0 Å². The number of para-hydroxylation sites is 1. The summed E-state index contributed by atoms with van der Waals surface area (Å²) >= 11 is 0. The predicted octanol–water partition coefficient (Wildman–Crippen LogP) is 6.39. The molecule has 3 aromatic rings. The number of fused-ring (bicyclic) bond motifs is 3. The van der Waals surface area contributed by atoms with Crippen LogP contribution in [0.3, 0.4) is 0 Å². The number of pyridine rings is 1. The molecule has 0 fully saturated rings. The topological polar surface area (TPSA) is 64.6 Å². The monoisotopic (exact) mass is 489 g/mol. The lowest BCUT2D eigenvalue weighted by Crippen LogP contribution is -2.14. The van der Waals surface area contributed by atoms with Crippen LogP contribution in [-0.4, -0.2) is 32.0 Å². The largest absolute Gasteiger partial charge is 0.493 e. The Morgan fingerprint density at radius 3 is 2.61 bits per heavy atom. The molecular weight excluding hydrogens is 450 g/mol. The van der Waals surface area contributed by atoms with Crippen LogP contribution >= 0.6 is 0 Å². The van der Waals surface area contributed by atoms with Gasteiger partial charge in [0.05, 0.1) is 12.6 Å². The number of nitrogens with zero attached hydrogens (tertiary/aromatic N) is 1. The van der Waals surface area contributed by atoms with E-state index in [1.807, 2.05) is 12.1 Å². The van der Waals surface area contributed by atoms with Crippen molar-refractivity contribution in [3.8, 4) is 17.2 Å². The lowest BCUT2D eigenvalue weighted by Gasteiger charge is -2.21. The zero-order valence-corrected chi connectivity index (χ0v) is 21.5. The van der Waals surface area contributed by atoms with E-state index in [1.165, 1.54) is 73.7 Å². The number of hydrogen-bond donors (Lipinski definition) is 2. The third kappa shape index (κ3) is 5.86. The molecule has 0 saturated carbocycles. The fourth-order valence-corrected chi connectivity index (χ4v) is 5.39. The van der Waals surface area contributed by atoms with Crippen molar-refractivity contribution in [2.75, 3.05) is 32.3 Å². The van der Waals surface area contributed by atoms with Gasteiger partial charge in [-0.3, -0.25) is 4.98 Å². The Morgan fingerprint density at radius 1 is 0.917 bits per heavy atom. The number of unbranched alkanes of at least 4 members (excludes halogenated alkanes) is 5. The van der Waals surface area contributed by atoms with Crippen molar-refractivity contribution in [1.29, 1.82) is 0 Å². The summed E-state index contributed by atoms with van der Waals surface area (Å²) in [6.45, 7) is 3.15. The van der Waals surface area contributed by atoms with Crippen LogP contribution in [0.4, 0.5) is 5.69 Å². The third-order valence-electron chi connectivity index (χ3n) is 7.30. The van der Waals surface area contributed by atoms with Crippen LogP contribution < -0.4 is 24.8 Å². The van der Waals surface area contributed by atoms with Crippen LogP contribution in [0.5, 0.6) is 17.2 Å². The van der Waals surface area contributed by atoms with Crippen molar-refractivity contribution in [2.24, 2.45) is 0 Å². The van der Waals surface area contributed by atoms with E-state index in [-0.39, 0.29) is 6.79 Å². The summed E-state index contributed by atoms with van der Waals surface area (Å²) in [6.07, 6.45) is 12.4. The number of aromatic nitrogens is 1. The smallest absolute Gasteiger partial charge is 0.231 e. The molecule has 2 N–H and O–H groups in total. The maximum atomic E-state index is 5.51. The lowest BCUT2D eigenvalue weighted by molar-refractivity contribution is 0.171. The first kappa shape index (κ1) is 24.7. The molecule has 0 amide bonds. The quantitative estimate of drug-likeness (QED) is 0.271. The highest BCUT2D eigenvalue weighted by Gasteiger charge is 2.20. The van der Waals surface area contributed by atoms with Crippen molar-refractivity contribution in [3.63, 3.8) is 0 Å². The maximum absolute atomic E-state index is 5.51. The summed E-state index contributed by atoms with van der Waals surface area (Å²) in [5.74, 6) is 2.23. The molecule has 2 heterocycles. The number of hydrogen-bond acceptors (Lipinski definition) is 6. The average Bonchev–Trinajstić information content (AvgIpc) is 3.39. The van der Waals surface area contributed by atoms with E-state index < -0.39 is 0 Å². The molecule has 0 spiro atoms. The molecule has 0 saturated heterocycles. The number of rotatable bonds is 13. The first-order valence-electron chi connectivity index (χ1n) is 13.6. The van der Waals surface area contributed by atoms with Crippen molar-refractivity contribution >= 4 is 16.6 Å². The molecule has 2 aromatic carbocycles. The molecule has 6 heteroatoms. The minimum atomic E-state index is 0.265. The second kappa shape index (κ2) is 12.3. The Balaban J connectivity index is 0.969. The molecule has 1 aromatic heterocycles. The molecule has 6 nitrogen and oxygen atoms in total. The van der Waals surface area contributed by atoms with E-state index >= 15 is 0 Å². The Hall–Kier alpha value is -2.99. The molecule has 1 aliphatic heterocycles. The minimum Gasteiger partial charge on any atom is -0.493 e. The highest BCUT2D eigenvalue weighted by Crippen LogP contribution is 2.41. The van der Waals surface area contributed by atoms with Crippen LogP contribution in [0.25, 0.3) is 10.9 Å². The van der Waals surface area contributed by atoms with Gasteiger partial charge in [0, 0.05) is 29.9 Å². The normalized spacial score (nSPS) is 14.1. The second-order valence-electron chi connectivity index (χ2n) is 9.89. The van der Waals surface area contributed by atoms with E-state index in [0.717, 1.165) is 55.1 Å². The van der Waals surface area contributed by atoms with Crippen LogP contribution in [0.2, 0.25) is 0 Å². The number of ether oxygens (including phenoxy) is 3. The molecule has 0 bridgehead atoms. The lowest BCUT2D eigenvalue weighted by atomic mass is 9.92. The van der Waals surface area contributed by atoms with E-state index in [4.69, 9.17) is 19.2 Å². The minimum absolute atomic E-state index is 0.265. The number of anilines is 1. The van der Waals surface area contributed by atoms with E-state index in [9.17, 15) is 0 Å². The molecule has 192 valence electrons. The van der Waals surface area contributed by atoms with Crippen LogP contribution in [0.1, 0.15) is 68.2 Å². The number of methoxy groups -OCH3 is 1. The SMILES string of the molecule is COc1cc(CNCCCCCCCCNc2c3c(nc4ccccc24)CCCC3)cc2c1OCO2. The third-order valence-corrected chi connectivity index (χ3v) is 7.30. The summed E-state index contributed by atoms with van der Waals surface area (Å²) in [7, 11) is 1.67.